The second kappa shape index (κ2) is 4.51. The molecule has 1 fully saturated rings. The summed E-state index contributed by atoms with van der Waals surface area (Å²) >= 11 is 0. The van der Waals surface area contributed by atoms with E-state index in [4.69, 9.17) is 4.74 Å². The van der Waals surface area contributed by atoms with Crippen LogP contribution in [0.4, 0.5) is 4.79 Å². The fourth-order valence-corrected chi connectivity index (χ4v) is 2.71. The van der Waals surface area contributed by atoms with Gasteiger partial charge in [0.1, 0.15) is 5.60 Å². The molecule has 1 spiro atoms. The van der Waals surface area contributed by atoms with Gasteiger partial charge in [0.2, 0.25) is 6.21 Å². The lowest BCUT2D eigenvalue weighted by Crippen LogP contribution is -2.56. The lowest BCUT2D eigenvalue weighted by molar-refractivity contribution is -0.565. The number of hydrogen-bond donors (Lipinski definition) is 0. The van der Waals surface area contributed by atoms with E-state index in [1.54, 1.807) is 20.8 Å². The van der Waals surface area contributed by atoms with Crippen molar-refractivity contribution < 1.29 is 19.1 Å². The lowest BCUT2D eigenvalue weighted by atomic mass is 9.88. The number of rotatable bonds is 0. The van der Waals surface area contributed by atoms with E-state index < -0.39 is 23.3 Å². The molecule has 2 aliphatic rings. The molecule has 0 aromatic heterocycles. The molecule has 19 heavy (non-hydrogen) atoms. The molecule has 0 aromatic carbocycles. The highest BCUT2D eigenvalue weighted by Crippen LogP contribution is 2.37. The van der Waals surface area contributed by atoms with Gasteiger partial charge in [-0.05, 0) is 33.6 Å². The SMILES string of the molecule is CC(C)(C)OC(=O)N1C(=O)C=[N+]([O-])C12CCCCC2. The summed E-state index contributed by atoms with van der Waals surface area (Å²) < 4.78 is 5.89. The average molecular weight is 268 g/mol. The summed E-state index contributed by atoms with van der Waals surface area (Å²) in [5.41, 5.74) is -1.75. The number of ether oxygens (including phenoxy) is 1. The van der Waals surface area contributed by atoms with Crippen molar-refractivity contribution in [3.8, 4) is 0 Å². The zero-order valence-corrected chi connectivity index (χ0v) is 11.6. The van der Waals surface area contributed by atoms with Crippen LogP contribution >= 0.6 is 0 Å². The monoisotopic (exact) mass is 268 g/mol. The third-order valence-electron chi connectivity index (χ3n) is 3.50. The van der Waals surface area contributed by atoms with Gasteiger partial charge in [-0.25, -0.2) is 4.79 Å². The highest BCUT2D eigenvalue weighted by Gasteiger charge is 2.57. The van der Waals surface area contributed by atoms with Crippen LogP contribution in [0.5, 0.6) is 0 Å². The Morgan fingerprint density at radius 1 is 1.37 bits per heavy atom. The smallest absolute Gasteiger partial charge is 0.423 e. The summed E-state index contributed by atoms with van der Waals surface area (Å²) in [4.78, 5) is 25.1. The van der Waals surface area contributed by atoms with Crippen LogP contribution in [0.25, 0.3) is 0 Å². The molecule has 2 rings (SSSR count). The first-order valence-corrected chi connectivity index (χ1v) is 6.65. The Bertz CT molecular complexity index is 430. The number of amides is 2. The maximum atomic E-state index is 12.2. The average Bonchev–Trinajstić information content (AvgIpc) is 2.49. The van der Waals surface area contributed by atoms with Crippen LogP contribution in [-0.4, -0.2) is 39.1 Å². The summed E-state index contributed by atoms with van der Waals surface area (Å²) in [6.45, 7) is 5.20. The molecule has 6 nitrogen and oxygen atoms in total. The van der Waals surface area contributed by atoms with Crippen molar-refractivity contribution in [1.29, 1.82) is 0 Å². The van der Waals surface area contributed by atoms with Crippen LogP contribution in [-0.2, 0) is 9.53 Å². The van der Waals surface area contributed by atoms with Gasteiger partial charge >= 0.3 is 12.0 Å². The Balaban J connectivity index is 2.27. The molecule has 0 unspecified atom stereocenters. The van der Waals surface area contributed by atoms with Crippen LogP contribution in [0.15, 0.2) is 0 Å². The maximum absolute atomic E-state index is 12.2. The lowest BCUT2D eigenvalue weighted by Gasteiger charge is -2.37. The van der Waals surface area contributed by atoms with Crippen molar-refractivity contribution in [2.75, 3.05) is 0 Å². The molecule has 0 aromatic rings. The van der Waals surface area contributed by atoms with E-state index in [1.165, 1.54) is 0 Å². The molecule has 1 aliphatic carbocycles. The van der Waals surface area contributed by atoms with Gasteiger partial charge in [0, 0.05) is 12.8 Å². The molecule has 6 heteroatoms. The minimum absolute atomic E-state index is 0.512. The second-order valence-electron chi connectivity index (χ2n) is 6.15. The largest absolute Gasteiger partial charge is 0.622 e. The van der Waals surface area contributed by atoms with Crippen LogP contribution in [0.2, 0.25) is 0 Å². The van der Waals surface area contributed by atoms with Gasteiger partial charge < -0.3 is 9.94 Å². The van der Waals surface area contributed by atoms with E-state index in [0.29, 0.717) is 17.6 Å². The van der Waals surface area contributed by atoms with Gasteiger partial charge in [-0.3, -0.25) is 4.79 Å². The highest BCUT2D eigenvalue weighted by atomic mass is 16.6. The van der Waals surface area contributed by atoms with Crippen LogP contribution in [0.1, 0.15) is 52.9 Å². The fraction of sp³-hybridized carbons (Fsp3) is 0.769. The number of nitrogens with zero attached hydrogens (tertiary/aromatic N) is 2. The van der Waals surface area contributed by atoms with Gasteiger partial charge in [0.25, 0.3) is 5.66 Å². The van der Waals surface area contributed by atoms with Gasteiger partial charge in [0.15, 0.2) is 0 Å². The highest BCUT2D eigenvalue weighted by molar-refractivity contribution is 6.29. The first-order chi connectivity index (χ1) is 8.76. The molecule has 0 radical (unpaired) electrons. The van der Waals surface area contributed by atoms with E-state index in [0.717, 1.165) is 30.4 Å². The Morgan fingerprint density at radius 2 is 1.95 bits per heavy atom. The molecule has 1 heterocycles. The minimum Gasteiger partial charge on any atom is -0.622 e. The van der Waals surface area contributed by atoms with Crippen molar-refractivity contribution in [2.45, 2.75) is 64.1 Å². The molecule has 0 N–H and O–H groups in total. The quantitative estimate of drug-likeness (QED) is 0.497. The van der Waals surface area contributed by atoms with Crippen molar-refractivity contribution in [3.05, 3.63) is 5.21 Å². The maximum Gasteiger partial charge on any atom is 0.423 e. The normalized spacial score (nSPS) is 22.6. The zero-order valence-electron chi connectivity index (χ0n) is 11.6. The van der Waals surface area contributed by atoms with Crippen LogP contribution in [0, 0.1) is 5.21 Å². The molecule has 2 amide bonds. The van der Waals surface area contributed by atoms with Crippen LogP contribution in [0.3, 0.4) is 0 Å². The Labute approximate surface area is 112 Å². The Hall–Kier alpha value is -1.59. The molecule has 0 saturated heterocycles. The van der Waals surface area contributed by atoms with Crippen molar-refractivity contribution >= 4 is 18.2 Å². The molecule has 1 aliphatic heterocycles. The third-order valence-corrected chi connectivity index (χ3v) is 3.50. The predicted molar refractivity (Wildman–Crippen MR) is 68.6 cm³/mol. The minimum atomic E-state index is -1.06. The Kier molecular flexibility index (Phi) is 3.28. The zero-order chi connectivity index (χ0) is 14.3. The molecule has 1 saturated carbocycles. The van der Waals surface area contributed by atoms with E-state index >= 15 is 0 Å². The van der Waals surface area contributed by atoms with E-state index in [-0.39, 0.29) is 0 Å². The number of carbonyl (C=O) groups is 2. The first-order valence-electron chi connectivity index (χ1n) is 6.65. The second-order valence-corrected chi connectivity index (χ2v) is 6.15. The summed E-state index contributed by atoms with van der Waals surface area (Å²) in [5.74, 6) is -0.578. The Morgan fingerprint density at radius 3 is 2.47 bits per heavy atom. The molecular formula is C13H20N2O4. The van der Waals surface area contributed by atoms with Crippen molar-refractivity contribution in [3.63, 3.8) is 0 Å². The van der Waals surface area contributed by atoms with Crippen molar-refractivity contribution in [1.82, 2.24) is 4.90 Å². The summed E-state index contributed by atoms with van der Waals surface area (Å²) in [6.07, 6.45) is 3.93. The number of hydroxylamine groups is 1. The topological polar surface area (TPSA) is 72.7 Å². The van der Waals surface area contributed by atoms with E-state index in [1.807, 2.05) is 0 Å². The molecular weight excluding hydrogens is 248 g/mol. The fourth-order valence-electron chi connectivity index (χ4n) is 2.71. The first kappa shape index (κ1) is 13.8. The van der Waals surface area contributed by atoms with Gasteiger partial charge in [-0.2, -0.15) is 9.64 Å². The molecule has 0 bridgehead atoms. The summed E-state index contributed by atoms with van der Waals surface area (Å²) in [6, 6.07) is 0. The van der Waals surface area contributed by atoms with E-state index in [9.17, 15) is 14.8 Å². The number of carbonyl (C=O) groups excluding carboxylic acids is 2. The van der Waals surface area contributed by atoms with Crippen LogP contribution < -0.4 is 0 Å². The third kappa shape index (κ3) is 2.43. The van der Waals surface area contributed by atoms with Gasteiger partial charge in [0.05, 0.1) is 0 Å². The van der Waals surface area contributed by atoms with Gasteiger partial charge in [-0.1, -0.05) is 6.42 Å². The van der Waals surface area contributed by atoms with Crippen molar-refractivity contribution in [2.24, 2.45) is 0 Å². The predicted octanol–water partition coefficient (Wildman–Crippen LogP) is 2.01. The number of imide groups is 1. The molecule has 106 valence electrons. The van der Waals surface area contributed by atoms with E-state index in [2.05, 4.69) is 0 Å². The standard InChI is InChI=1S/C13H20N2O4/c1-12(2,3)19-11(17)15-10(16)9-14(18)13(15)7-5-4-6-8-13/h9H,4-8H2,1-3H3. The van der Waals surface area contributed by atoms with Gasteiger partial charge in [-0.15, -0.1) is 0 Å². The molecule has 0 atom stereocenters. The summed E-state index contributed by atoms with van der Waals surface area (Å²) in [5, 5.41) is 12.0. The summed E-state index contributed by atoms with van der Waals surface area (Å²) in [7, 11) is 0. The number of hydrogen-bond acceptors (Lipinski definition) is 4.